The molecular formula is C50H35NO2. The van der Waals surface area contributed by atoms with Gasteiger partial charge in [-0.05, 0) is 111 Å². The van der Waals surface area contributed by atoms with E-state index in [0.29, 0.717) is 5.75 Å². The van der Waals surface area contributed by atoms with Crippen LogP contribution in [-0.4, -0.2) is 11.1 Å². The van der Waals surface area contributed by atoms with Gasteiger partial charge < -0.3 is 14.4 Å². The number of rotatable bonds is 4. The standard InChI is InChI=1S/C50H35NO2/c1-50(2)42-22-21-36(30-11-5-3-6-12-30)49(52)48(42)38-20-17-33(28-43(38)50)34-27-40-39-25-31(18-23-44(39)51(45(40)29-34)35-13-7-4-8-14-35)32-19-24-47-41(26-32)37-15-9-10-16-46(37)53-47/h3-29,45,52H,1-2H3. The maximum absolute atomic E-state index is 11.7. The van der Waals surface area contributed by atoms with E-state index in [2.05, 4.69) is 152 Å². The maximum atomic E-state index is 11.7. The molecule has 1 aliphatic heterocycles. The topological polar surface area (TPSA) is 36.6 Å². The van der Waals surface area contributed by atoms with Crippen LogP contribution in [0.3, 0.4) is 0 Å². The van der Waals surface area contributed by atoms with E-state index in [1.54, 1.807) is 0 Å². The monoisotopic (exact) mass is 681 g/mol. The lowest BCUT2D eigenvalue weighted by atomic mass is 9.81. The smallest absolute Gasteiger partial charge is 0.135 e. The minimum absolute atomic E-state index is 0.0777. The van der Waals surface area contributed by atoms with Gasteiger partial charge in [0.25, 0.3) is 0 Å². The Balaban J connectivity index is 1.02. The first-order valence-electron chi connectivity index (χ1n) is 18.3. The Hall–Kier alpha value is -6.58. The zero-order chi connectivity index (χ0) is 35.4. The van der Waals surface area contributed by atoms with Gasteiger partial charge in [-0.2, -0.15) is 0 Å². The molecule has 0 saturated carbocycles. The zero-order valence-electron chi connectivity index (χ0n) is 29.5. The van der Waals surface area contributed by atoms with Gasteiger partial charge in [-0.1, -0.05) is 117 Å². The third-order valence-electron chi connectivity index (χ3n) is 11.8. The van der Waals surface area contributed by atoms with Gasteiger partial charge in [0.1, 0.15) is 16.9 Å². The number of allylic oxidation sites excluding steroid dienone is 2. The van der Waals surface area contributed by atoms with Crippen molar-refractivity contribution in [1.82, 2.24) is 0 Å². The van der Waals surface area contributed by atoms with Gasteiger partial charge in [-0.3, -0.25) is 0 Å². The highest BCUT2D eigenvalue weighted by atomic mass is 16.3. The van der Waals surface area contributed by atoms with Crippen LogP contribution in [-0.2, 0) is 5.41 Å². The summed E-state index contributed by atoms with van der Waals surface area (Å²) < 4.78 is 6.14. The molecule has 3 aliphatic rings. The summed E-state index contributed by atoms with van der Waals surface area (Å²) in [5, 5.41) is 14.0. The molecule has 1 atom stereocenters. The minimum Gasteiger partial charge on any atom is -0.507 e. The Kier molecular flexibility index (Phi) is 6.22. The summed E-state index contributed by atoms with van der Waals surface area (Å²) in [4.78, 5) is 2.47. The number of para-hydroxylation sites is 2. The molecule has 0 bridgehead atoms. The zero-order valence-corrected chi connectivity index (χ0v) is 29.5. The lowest BCUT2D eigenvalue weighted by Crippen LogP contribution is -2.23. The molecule has 1 aromatic heterocycles. The van der Waals surface area contributed by atoms with Crippen molar-refractivity contribution >= 4 is 44.5 Å². The summed E-state index contributed by atoms with van der Waals surface area (Å²) in [7, 11) is 0. The number of phenols is 1. The number of hydrogen-bond acceptors (Lipinski definition) is 3. The van der Waals surface area contributed by atoms with Crippen molar-refractivity contribution in [2.24, 2.45) is 0 Å². The summed E-state index contributed by atoms with van der Waals surface area (Å²) in [6, 6.07) is 53.8. The fraction of sp³-hybridized carbons (Fsp3) is 0.0800. The van der Waals surface area contributed by atoms with Gasteiger partial charge in [-0.15, -0.1) is 0 Å². The maximum Gasteiger partial charge on any atom is 0.135 e. The molecule has 2 heterocycles. The average Bonchev–Trinajstić information content (AvgIpc) is 3.93. The number of furan rings is 1. The van der Waals surface area contributed by atoms with E-state index in [0.717, 1.165) is 49.8 Å². The van der Waals surface area contributed by atoms with Crippen LogP contribution in [0.1, 0.15) is 36.1 Å². The summed E-state index contributed by atoms with van der Waals surface area (Å²) in [5.74, 6) is 0.357. The molecule has 252 valence electrons. The number of nitrogens with zero attached hydrogens (tertiary/aromatic N) is 1. The molecular weight excluding hydrogens is 647 g/mol. The highest BCUT2D eigenvalue weighted by molar-refractivity contribution is 6.07. The summed E-state index contributed by atoms with van der Waals surface area (Å²) in [6.45, 7) is 4.55. The molecule has 0 amide bonds. The summed E-state index contributed by atoms with van der Waals surface area (Å²) >= 11 is 0. The minimum atomic E-state index is -0.255. The van der Waals surface area contributed by atoms with Crippen LogP contribution in [0.2, 0.25) is 0 Å². The van der Waals surface area contributed by atoms with E-state index >= 15 is 0 Å². The Morgan fingerprint density at radius 3 is 2.11 bits per heavy atom. The molecule has 0 saturated heterocycles. The molecule has 3 heteroatoms. The molecule has 1 N–H and O–H groups in total. The number of hydrogen-bond donors (Lipinski definition) is 1. The quantitative estimate of drug-likeness (QED) is 0.201. The first-order chi connectivity index (χ1) is 25.9. The number of benzene rings is 7. The molecule has 1 unspecified atom stereocenters. The summed E-state index contributed by atoms with van der Waals surface area (Å²) in [5.41, 5.74) is 17.6. The molecule has 8 aromatic rings. The number of fused-ring (bicyclic) bond motifs is 9. The number of anilines is 2. The van der Waals surface area contributed by atoms with Gasteiger partial charge in [0, 0.05) is 44.3 Å². The van der Waals surface area contributed by atoms with Crippen molar-refractivity contribution in [3.05, 3.63) is 186 Å². The van der Waals surface area contributed by atoms with Crippen molar-refractivity contribution in [3.63, 3.8) is 0 Å². The van der Waals surface area contributed by atoms with E-state index in [4.69, 9.17) is 4.42 Å². The van der Waals surface area contributed by atoms with Gasteiger partial charge in [0.2, 0.25) is 0 Å². The van der Waals surface area contributed by atoms with E-state index in [-0.39, 0.29) is 11.5 Å². The second-order valence-corrected chi connectivity index (χ2v) is 15.0. The Morgan fingerprint density at radius 2 is 1.26 bits per heavy atom. The average molecular weight is 682 g/mol. The van der Waals surface area contributed by atoms with Crippen LogP contribution in [0, 0.1) is 0 Å². The summed E-state index contributed by atoms with van der Waals surface area (Å²) in [6.07, 6.45) is 4.82. The number of aromatic hydroxyl groups is 1. The van der Waals surface area contributed by atoms with Gasteiger partial charge >= 0.3 is 0 Å². The van der Waals surface area contributed by atoms with Crippen molar-refractivity contribution in [2.45, 2.75) is 25.3 Å². The Bertz CT molecular complexity index is 2870. The second-order valence-electron chi connectivity index (χ2n) is 15.0. The van der Waals surface area contributed by atoms with Gasteiger partial charge in [0.05, 0.1) is 6.04 Å². The first kappa shape index (κ1) is 30.1. The predicted molar refractivity (Wildman–Crippen MR) is 219 cm³/mol. The molecule has 7 aromatic carbocycles. The van der Waals surface area contributed by atoms with Crippen molar-refractivity contribution < 1.29 is 9.52 Å². The Labute approximate surface area is 308 Å². The third kappa shape index (κ3) is 4.34. The van der Waals surface area contributed by atoms with Crippen LogP contribution < -0.4 is 4.90 Å². The fourth-order valence-corrected chi connectivity index (χ4v) is 9.13. The predicted octanol–water partition coefficient (Wildman–Crippen LogP) is 12.9. The first-order valence-corrected chi connectivity index (χ1v) is 18.3. The molecule has 53 heavy (non-hydrogen) atoms. The van der Waals surface area contributed by atoms with Crippen LogP contribution in [0.25, 0.3) is 66.5 Å². The highest BCUT2D eigenvalue weighted by Gasteiger charge is 2.40. The molecule has 11 rings (SSSR count). The molecule has 0 radical (unpaired) electrons. The molecule has 2 aliphatic carbocycles. The molecule has 3 nitrogen and oxygen atoms in total. The normalized spacial score (nSPS) is 16.3. The van der Waals surface area contributed by atoms with E-state index in [1.807, 2.05) is 30.3 Å². The number of phenolic OH excluding ortho intramolecular Hbond substituents is 1. The lowest BCUT2D eigenvalue weighted by Gasteiger charge is -2.25. The van der Waals surface area contributed by atoms with Gasteiger partial charge in [0.15, 0.2) is 0 Å². The molecule has 0 spiro atoms. The lowest BCUT2D eigenvalue weighted by molar-refractivity contribution is 0.478. The third-order valence-corrected chi connectivity index (χ3v) is 11.8. The van der Waals surface area contributed by atoms with E-state index in [9.17, 15) is 5.11 Å². The largest absolute Gasteiger partial charge is 0.507 e. The fourth-order valence-electron chi connectivity index (χ4n) is 9.13. The highest BCUT2D eigenvalue weighted by Crippen LogP contribution is 2.56. The van der Waals surface area contributed by atoms with Crippen LogP contribution in [0.15, 0.2) is 168 Å². The van der Waals surface area contributed by atoms with E-state index in [1.165, 1.54) is 50.3 Å². The SMILES string of the molecule is CC1(C)c2cc(C3=CC4C(=C3)c3cc(-c5ccc6oc7ccccc7c6c5)ccc3N4c3ccccc3)ccc2-c2c1ccc(-c1ccccc1)c2O. The Morgan fingerprint density at radius 1 is 0.566 bits per heavy atom. The second kappa shape index (κ2) is 11.0. The van der Waals surface area contributed by atoms with Crippen LogP contribution >= 0.6 is 0 Å². The van der Waals surface area contributed by atoms with Crippen LogP contribution in [0.5, 0.6) is 5.75 Å². The van der Waals surface area contributed by atoms with E-state index < -0.39 is 0 Å². The van der Waals surface area contributed by atoms with Crippen molar-refractivity contribution in [3.8, 4) is 39.1 Å². The van der Waals surface area contributed by atoms with Crippen LogP contribution in [0.4, 0.5) is 11.4 Å². The van der Waals surface area contributed by atoms with Crippen molar-refractivity contribution in [2.75, 3.05) is 4.90 Å². The van der Waals surface area contributed by atoms with Gasteiger partial charge in [-0.25, -0.2) is 0 Å². The van der Waals surface area contributed by atoms with Crippen molar-refractivity contribution in [1.29, 1.82) is 0 Å². The molecule has 0 fully saturated rings.